The molecule has 2 rings (SSSR count). The lowest BCUT2D eigenvalue weighted by molar-refractivity contribution is 0.102. The molecule has 0 fully saturated rings. The van der Waals surface area contributed by atoms with Gasteiger partial charge in [-0.25, -0.2) is 0 Å². The second kappa shape index (κ2) is 6.29. The minimum atomic E-state index is -0.247. The monoisotopic (exact) mass is 353 g/mol. The predicted molar refractivity (Wildman–Crippen MR) is 84.8 cm³/mol. The van der Waals surface area contributed by atoms with Gasteiger partial charge >= 0.3 is 0 Å². The lowest BCUT2D eigenvalue weighted by atomic mass is 10.1. The molecule has 0 aliphatic rings. The van der Waals surface area contributed by atoms with Gasteiger partial charge in [0.2, 0.25) is 0 Å². The average Bonchev–Trinajstić information content (AvgIpc) is 2.43. The van der Waals surface area contributed by atoms with Gasteiger partial charge in [-0.1, -0.05) is 33.6 Å². The number of amides is 1. The summed E-state index contributed by atoms with van der Waals surface area (Å²) in [7, 11) is 1.53. The number of nitrogens with one attached hydrogen (secondary N) is 1. The van der Waals surface area contributed by atoms with Crippen molar-refractivity contribution < 1.29 is 9.53 Å². The zero-order chi connectivity index (χ0) is 14.7. The SMILES string of the molecule is COc1ccc(Br)cc1C(=O)Nc1ccc(C)c(Cl)c1. The summed E-state index contributed by atoms with van der Waals surface area (Å²) in [5, 5.41) is 3.42. The number of hydrogen-bond donors (Lipinski definition) is 1. The van der Waals surface area contributed by atoms with Gasteiger partial charge in [0, 0.05) is 15.2 Å². The van der Waals surface area contributed by atoms with E-state index < -0.39 is 0 Å². The van der Waals surface area contributed by atoms with Crippen molar-refractivity contribution in [3.05, 3.63) is 57.0 Å². The Bertz CT molecular complexity index is 658. The summed E-state index contributed by atoms with van der Waals surface area (Å²) in [6, 6.07) is 10.7. The van der Waals surface area contributed by atoms with Crippen LogP contribution in [0.3, 0.4) is 0 Å². The first-order chi connectivity index (χ1) is 9.51. The van der Waals surface area contributed by atoms with E-state index in [-0.39, 0.29) is 5.91 Å². The maximum atomic E-state index is 12.3. The quantitative estimate of drug-likeness (QED) is 0.869. The van der Waals surface area contributed by atoms with E-state index >= 15 is 0 Å². The van der Waals surface area contributed by atoms with Crippen LogP contribution in [0.5, 0.6) is 5.75 Å². The molecule has 0 heterocycles. The largest absolute Gasteiger partial charge is 0.496 e. The Morgan fingerprint density at radius 3 is 2.65 bits per heavy atom. The molecule has 0 saturated carbocycles. The molecule has 0 atom stereocenters. The normalized spacial score (nSPS) is 10.2. The highest BCUT2D eigenvalue weighted by molar-refractivity contribution is 9.10. The van der Waals surface area contributed by atoms with Gasteiger partial charge in [0.1, 0.15) is 5.75 Å². The van der Waals surface area contributed by atoms with Crippen molar-refractivity contribution >= 4 is 39.1 Å². The smallest absolute Gasteiger partial charge is 0.259 e. The summed E-state index contributed by atoms with van der Waals surface area (Å²) in [6.45, 7) is 1.91. The molecule has 0 radical (unpaired) electrons. The van der Waals surface area contributed by atoms with Crippen LogP contribution in [0.4, 0.5) is 5.69 Å². The maximum Gasteiger partial charge on any atom is 0.259 e. The van der Waals surface area contributed by atoms with Gasteiger partial charge in [0.15, 0.2) is 0 Å². The van der Waals surface area contributed by atoms with Crippen LogP contribution in [-0.2, 0) is 0 Å². The van der Waals surface area contributed by atoms with Gasteiger partial charge in [-0.2, -0.15) is 0 Å². The number of anilines is 1. The molecule has 0 spiro atoms. The number of aryl methyl sites for hydroxylation is 1. The summed E-state index contributed by atoms with van der Waals surface area (Å²) < 4.78 is 6.00. The Morgan fingerprint density at radius 2 is 2.00 bits per heavy atom. The third-order valence-corrected chi connectivity index (χ3v) is 3.74. The fraction of sp³-hybridized carbons (Fsp3) is 0.133. The first-order valence-corrected chi connectivity index (χ1v) is 7.09. The lowest BCUT2D eigenvalue weighted by Gasteiger charge is -2.10. The van der Waals surface area contributed by atoms with Crippen LogP contribution >= 0.6 is 27.5 Å². The molecule has 0 aliphatic carbocycles. The van der Waals surface area contributed by atoms with E-state index in [1.54, 1.807) is 18.2 Å². The third-order valence-electron chi connectivity index (χ3n) is 2.84. The van der Waals surface area contributed by atoms with Gasteiger partial charge in [0.25, 0.3) is 5.91 Å². The van der Waals surface area contributed by atoms with Crippen molar-refractivity contribution in [3.8, 4) is 5.75 Å². The Kier molecular flexibility index (Phi) is 4.68. The number of hydrogen-bond acceptors (Lipinski definition) is 2. The first kappa shape index (κ1) is 14.9. The van der Waals surface area contributed by atoms with Crippen molar-refractivity contribution in [1.82, 2.24) is 0 Å². The number of carbonyl (C=O) groups excluding carboxylic acids is 1. The molecule has 0 aliphatic heterocycles. The lowest BCUT2D eigenvalue weighted by Crippen LogP contribution is -2.13. The van der Waals surface area contributed by atoms with E-state index in [4.69, 9.17) is 16.3 Å². The number of benzene rings is 2. The number of halogens is 2. The Labute approximate surface area is 131 Å². The van der Waals surface area contributed by atoms with Crippen LogP contribution in [-0.4, -0.2) is 13.0 Å². The topological polar surface area (TPSA) is 38.3 Å². The molecular weight excluding hydrogens is 342 g/mol. The Balaban J connectivity index is 2.27. The second-order valence-electron chi connectivity index (χ2n) is 4.26. The van der Waals surface area contributed by atoms with Crippen molar-refractivity contribution in [2.75, 3.05) is 12.4 Å². The van der Waals surface area contributed by atoms with E-state index in [0.29, 0.717) is 22.0 Å². The highest BCUT2D eigenvalue weighted by Gasteiger charge is 2.13. The second-order valence-corrected chi connectivity index (χ2v) is 5.59. The van der Waals surface area contributed by atoms with Gasteiger partial charge in [-0.15, -0.1) is 0 Å². The minimum Gasteiger partial charge on any atom is -0.496 e. The number of rotatable bonds is 3. The average molecular weight is 355 g/mol. The van der Waals surface area contributed by atoms with E-state index in [2.05, 4.69) is 21.2 Å². The first-order valence-electron chi connectivity index (χ1n) is 5.92. The van der Waals surface area contributed by atoms with Crippen molar-refractivity contribution in [3.63, 3.8) is 0 Å². The molecule has 2 aromatic carbocycles. The van der Waals surface area contributed by atoms with E-state index in [1.165, 1.54) is 7.11 Å². The Morgan fingerprint density at radius 1 is 1.25 bits per heavy atom. The molecule has 0 saturated heterocycles. The van der Waals surface area contributed by atoms with Crippen LogP contribution in [0.25, 0.3) is 0 Å². The molecule has 0 bridgehead atoms. The van der Waals surface area contributed by atoms with Gasteiger partial charge in [0.05, 0.1) is 12.7 Å². The van der Waals surface area contributed by atoms with Crippen molar-refractivity contribution in [2.45, 2.75) is 6.92 Å². The highest BCUT2D eigenvalue weighted by atomic mass is 79.9. The standard InChI is InChI=1S/C15H13BrClNO2/c1-9-3-5-11(8-13(9)17)18-15(19)12-7-10(16)4-6-14(12)20-2/h3-8H,1-2H3,(H,18,19). The van der Waals surface area contributed by atoms with Crippen LogP contribution in [0.1, 0.15) is 15.9 Å². The van der Waals surface area contributed by atoms with E-state index in [0.717, 1.165) is 10.0 Å². The van der Waals surface area contributed by atoms with Crippen molar-refractivity contribution in [1.29, 1.82) is 0 Å². The fourth-order valence-corrected chi connectivity index (χ4v) is 2.27. The summed E-state index contributed by atoms with van der Waals surface area (Å²) >= 11 is 9.39. The number of ether oxygens (including phenoxy) is 1. The Hall–Kier alpha value is -1.52. The molecule has 2 aromatic rings. The molecule has 0 aromatic heterocycles. The molecule has 1 amide bonds. The molecule has 5 heteroatoms. The predicted octanol–water partition coefficient (Wildman–Crippen LogP) is 4.67. The van der Waals surface area contributed by atoms with Crippen LogP contribution < -0.4 is 10.1 Å². The van der Waals surface area contributed by atoms with Crippen LogP contribution in [0, 0.1) is 6.92 Å². The van der Waals surface area contributed by atoms with E-state index in [9.17, 15) is 4.79 Å². The van der Waals surface area contributed by atoms with Crippen LogP contribution in [0.15, 0.2) is 40.9 Å². The summed E-state index contributed by atoms with van der Waals surface area (Å²) in [5.74, 6) is 0.270. The molecule has 1 N–H and O–H groups in total. The zero-order valence-electron chi connectivity index (χ0n) is 11.0. The third kappa shape index (κ3) is 3.32. The number of methoxy groups -OCH3 is 1. The van der Waals surface area contributed by atoms with Gasteiger partial charge in [-0.05, 0) is 42.8 Å². The summed E-state index contributed by atoms with van der Waals surface area (Å²) in [4.78, 5) is 12.3. The summed E-state index contributed by atoms with van der Waals surface area (Å²) in [5.41, 5.74) is 2.07. The summed E-state index contributed by atoms with van der Waals surface area (Å²) in [6.07, 6.45) is 0. The molecule has 20 heavy (non-hydrogen) atoms. The molecule has 3 nitrogen and oxygen atoms in total. The number of carbonyl (C=O) groups is 1. The van der Waals surface area contributed by atoms with Gasteiger partial charge < -0.3 is 10.1 Å². The molecule has 0 unspecified atom stereocenters. The highest BCUT2D eigenvalue weighted by Crippen LogP contribution is 2.25. The van der Waals surface area contributed by atoms with Gasteiger partial charge in [-0.3, -0.25) is 4.79 Å². The van der Waals surface area contributed by atoms with Crippen molar-refractivity contribution in [2.24, 2.45) is 0 Å². The van der Waals surface area contributed by atoms with Crippen LogP contribution in [0.2, 0.25) is 5.02 Å². The maximum absolute atomic E-state index is 12.3. The fourth-order valence-electron chi connectivity index (χ4n) is 1.73. The van der Waals surface area contributed by atoms with E-state index in [1.807, 2.05) is 25.1 Å². The minimum absolute atomic E-state index is 0.247. The zero-order valence-corrected chi connectivity index (χ0v) is 13.4. The molecular formula is C15H13BrClNO2. The molecule has 104 valence electrons.